The molecule has 33 heavy (non-hydrogen) atoms. The normalized spacial score (nSPS) is 11.3. The van der Waals surface area contributed by atoms with E-state index in [-0.39, 0.29) is 17.8 Å². The van der Waals surface area contributed by atoms with E-state index in [1.807, 2.05) is 20.8 Å². The lowest BCUT2D eigenvalue weighted by atomic mass is 10.1. The predicted molar refractivity (Wildman–Crippen MR) is 125 cm³/mol. The number of hydrogen-bond acceptors (Lipinski definition) is 7. The summed E-state index contributed by atoms with van der Waals surface area (Å²) in [6, 6.07) is 7.56. The first-order chi connectivity index (χ1) is 15.9. The second-order valence-corrected chi connectivity index (χ2v) is 7.61. The molecule has 0 aliphatic carbocycles. The fraction of sp³-hybridized carbons (Fsp3) is 0.304. The monoisotopic (exact) mass is 469 g/mol. The van der Waals surface area contributed by atoms with Crippen LogP contribution in [0.5, 0.6) is 17.2 Å². The van der Waals surface area contributed by atoms with E-state index in [9.17, 15) is 14.9 Å². The van der Waals surface area contributed by atoms with Gasteiger partial charge in [0.25, 0.3) is 11.6 Å². The molecule has 0 aliphatic rings. The number of ether oxygens (including phenoxy) is 3. The number of rotatable bonds is 9. The Labute approximate surface area is 194 Å². The van der Waals surface area contributed by atoms with E-state index >= 15 is 0 Å². The number of thiazole rings is 1. The zero-order valence-corrected chi connectivity index (χ0v) is 19.3. The first kappa shape index (κ1) is 23.8. The predicted octanol–water partition coefficient (Wildman–Crippen LogP) is 4.18. The molecule has 3 aromatic rings. The SMILES string of the molecule is C#CCn1c(=NC(=O)c2cc(OCC)c(OCC)c(OCC)c2)sc2ccc([N+](=O)[O-])cc21. The highest BCUT2D eigenvalue weighted by Gasteiger charge is 2.19. The summed E-state index contributed by atoms with van der Waals surface area (Å²) >= 11 is 1.22. The molecule has 3 rings (SSSR count). The molecule has 0 aliphatic heterocycles. The molecular formula is C23H23N3O6S. The van der Waals surface area contributed by atoms with Crippen molar-refractivity contribution in [1.29, 1.82) is 0 Å². The number of terminal acetylenes is 1. The van der Waals surface area contributed by atoms with Crippen molar-refractivity contribution in [2.24, 2.45) is 4.99 Å². The number of amides is 1. The molecule has 10 heteroatoms. The summed E-state index contributed by atoms with van der Waals surface area (Å²) in [6.45, 7) is 6.75. The Morgan fingerprint density at radius 2 is 1.76 bits per heavy atom. The van der Waals surface area contributed by atoms with Crippen LogP contribution in [-0.4, -0.2) is 35.2 Å². The van der Waals surface area contributed by atoms with Crippen LogP contribution in [0.3, 0.4) is 0 Å². The molecule has 1 amide bonds. The molecule has 0 bridgehead atoms. The van der Waals surface area contributed by atoms with Gasteiger partial charge in [0.15, 0.2) is 16.3 Å². The van der Waals surface area contributed by atoms with Gasteiger partial charge in [-0.05, 0) is 39.0 Å². The zero-order chi connectivity index (χ0) is 24.0. The lowest BCUT2D eigenvalue weighted by molar-refractivity contribution is -0.384. The maximum absolute atomic E-state index is 13.1. The maximum atomic E-state index is 13.1. The molecule has 172 valence electrons. The van der Waals surface area contributed by atoms with Crippen LogP contribution < -0.4 is 19.0 Å². The molecule has 1 heterocycles. The molecular weight excluding hydrogens is 446 g/mol. The van der Waals surface area contributed by atoms with E-state index in [1.54, 1.807) is 22.8 Å². The number of nitro groups is 1. The van der Waals surface area contributed by atoms with E-state index < -0.39 is 10.8 Å². The summed E-state index contributed by atoms with van der Waals surface area (Å²) in [5.41, 5.74) is 0.717. The second kappa shape index (κ2) is 10.7. The van der Waals surface area contributed by atoms with Crippen LogP contribution in [0.1, 0.15) is 31.1 Å². The van der Waals surface area contributed by atoms with Crippen LogP contribution >= 0.6 is 11.3 Å². The number of benzene rings is 2. The minimum Gasteiger partial charge on any atom is -0.490 e. The van der Waals surface area contributed by atoms with Crippen molar-refractivity contribution < 1.29 is 23.9 Å². The van der Waals surface area contributed by atoms with Gasteiger partial charge in [-0.1, -0.05) is 17.3 Å². The molecule has 0 unspecified atom stereocenters. The fourth-order valence-electron chi connectivity index (χ4n) is 3.16. The fourth-order valence-corrected chi connectivity index (χ4v) is 4.17. The lowest BCUT2D eigenvalue weighted by Gasteiger charge is -2.16. The van der Waals surface area contributed by atoms with Crippen LogP contribution in [0.25, 0.3) is 10.2 Å². The van der Waals surface area contributed by atoms with E-state index in [2.05, 4.69) is 10.9 Å². The molecule has 1 aromatic heterocycles. The summed E-state index contributed by atoms with van der Waals surface area (Å²) in [4.78, 5) is 28.4. The van der Waals surface area contributed by atoms with Crippen molar-refractivity contribution in [2.75, 3.05) is 19.8 Å². The highest BCUT2D eigenvalue weighted by Crippen LogP contribution is 2.39. The lowest BCUT2D eigenvalue weighted by Crippen LogP contribution is -2.16. The first-order valence-electron chi connectivity index (χ1n) is 10.3. The quantitative estimate of drug-likeness (QED) is 0.264. The van der Waals surface area contributed by atoms with Gasteiger partial charge in [0.05, 0.1) is 41.5 Å². The Bertz CT molecular complexity index is 1270. The Hall–Kier alpha value is -3.84. The number of carbonyl (C=O) groups is 1. The van der Waals surface area contributed by atoms with Crippen LogP contribution in [0.4, 0.5) is 5.69 Å². The third kappa shape index (κ3) is 5.15. The molecule has 0 atom stereocenters. The first-order valence-corrected chi connectivity index (χ1v) is 11.1. The Kier molecular flexibility index (Phi) is 7.69. The van der Waals surface area contributed by atoms with Gasteiger partial charge in [-0.2, -0.15) is 4.99 Å². The van der Waals surface area contributed by atoms with Crippen molar-refractivity contribution in [3.05, 3.63) is 50.8 Å². The van der Waals surface area contributed by atoms with Gasteiger partial charge in [-0.15, -0.1) is 6.42 Å². The van der Waals surface area contributed by atoms with Crippen molar-refractivity contribution >= 4 is 33.1 Å². The molecule has 0 radical (unpaired) electrons. The van der Waals surface area contributed by atoms with Crippen molar-refractivity contribution in [3.8, 4) is 29.6 Å². The minimum absolute atomic E-state index is 0.0711. The second-order valence-electron chi connectivity index (χ2n) is 6.60. The van der Waals surface area contributed by atoms with E-state index in [0.717, 1.165) is 4.70 Å². The van der Waals surface area contributed by atoms with Crippen LogP contribution in [0, 0.1) is 22.5 Å². The number of nitrogens with zero attached hydrogens (tertiary/aromatic N) is 3. The molecule has 9 nitrogen and oxygen atoms in total. The van der Waals surface area contributed by atoms with Crippen molar-refractivity contribution in [2.45, 2.75) is 27.3 Å². The summed E-state index contributed by atoms with van der Waals surface area (Å²) < 4.78 is 19.3. The Balaban J connectivity index is 2.15. The molecule has 2 aromatic carbocycles. The molecule has 0 saturated heterocycles. The van der Waals surface area contributed by atoms with Gasteiger partial charge < -0.3 is 18.8 Å². The zero-order valence-electron chi connectivity index (χ0n) is 18.5. The number of aromatic nitrogens is 1. The van der Waals surface area contributed by atoms with Gasteiger partial charge in [0, 0.05) is 17.7 Å². The number of carbonyl (C=O) groups excluding carboxylic acids is 1. The van der Waals surface area contributed by atoms with Crippen molar-refractivity contribution in [3.63, 3.8) is 0 Å². The van der Waals surface area contributed by atoms with Gasteiger partial charge in [0.1, 0.15) is 0 Å². The largest absolute Gasteiger partial charge is 0.490 e. The maximum Gasteiger partial charge on any atom is 0.279 e. The number of fused-ring (bicyclic) bond motifs is 1. The molecule has 0 saturated carbocycles. The smallest absolute Gasteiger partial charge is 0.279 e. The summed E-state index contributed by atoms with van der Waals surface area (Å²) in [5.74, 6) is 3.16. The van der Waals surface area contributed by atoms with Crippen molar-refractivity contribution in [1.82, 2.24) is 4.57 Å². The molecule has 0 spiro atoms. The molecule has 0 fully saturated rings. The summed E-state index contributed by atoms with van der Waals surface area (Å²) in [5, 5.41) is 11.2. The van der Waals surface area contributed by atoms with E-state index in [0.29, 0.717) is 47.4 Å². The topological polar surface area (TPSA) is 105 Å². The Morgan fingerprint density at radius 3 is 2.30 bits per heavy atom. The standard InChI is InChI=1S/C23H23N3O6S/c1-5-11-25-17-14-16(26(28)29)9-10-20(17)33-23(25)24-22(27)15-12-18(30-6-2)21(32-8-4)19(13-15)31-7-3/h1,9-10,12-14H,6-8,11H2,2-4H3. The summed E-state index contributed by atoms with van der Waals surface area (Å²) in [7, 11) is 0. The minimum atomic E-state index is -0.535. The molecule has 0 N–H and O–H groups in total. The third-order valence-corrected chi connectivity index (χ3v) is 5.54. The number of non-ortho nitro benzene ring substituents is 1. The summed E-state index contributed by atoms with van der Waals surface area (Å²) in [6.07, 6.45) is 5.50. The van der Waals surface area contributed by atoms with E-state index in [1.165, 1.54) is 23.5 Å². The number of hydrogen-bond donors (Lipinski definition) is 0. The Morgan fingerprint density at radius 1 is 1.12 bits per heavy atom. The van der Waals surface area contributed by atoms with Crippen LogP contribution in [0.2, 0.25) is 0 Å². The number of nitro benzene ring substituents is 1. The third-order valence-electron chi connectivity index (χ3n) is 4.48. The van der Waals surface area contributed by atoms with E-state index in [4.69, 9.17) is 20.6 Å². The average molecular weight is 470 g/mol. The van der Waals surface area contributed by atoms with Gasteiger partial charge in [-0.25, -0.2) is 0 Å². The highest BCUT2D eigenvalue weighted by molar-refractivity contribution is 7.16. The van der Waals surface area contributed by atoms with Gasteiger partial charge in [0.2, 0.25) is 5.75 Å². The van der Waals surface area contributed by atoms with Crippen LogP contribution in [0.15, 0.2) is 35.3 Å². The highest BCUT2D eigenvalue weighted by atomic mass is 32.1. The van der Waals surface area contributed by atoms with Crippen LogP contribution in [-0.2, 0) is 6.54 Å². The van der Waals surface area contributed by atoms with Gasteiger partial charge >= 0.3 is 0 Å². The average Bonchev–Trinajstić information content (AvgIpc) is 3.12. The van der Waals surface area contributed by atoms with Gasteiger partial charge in [-0.3, -0.25) is 14.9 Å².